The second kappa shape index (κ2) is 19.3. The molecule has 3 aromatic carbocycles. The van der Waals surface area contributed by atoms with E-state index in [1.54, 1.807) is 36.4 Å². The van der Waals surface area contributed by atoms with Gasteiger partial charge in [-0.2, -0.15) is 0 Å². The Morgan fingerprint density at radius 3 is 1.50 bits per heavy atom. The highest BCUT2D eigenvalue weighted by Gasteiger charge is 2.01. The van der Waals surface area contributed by atoms with Crippen molar-refractivity contribution in [2.45, 2.75) is 58.3 Å². The molecule has 3 N–H and O–H groups in total. The predicted molar refractivity (Wildman–Crippen MR) is 158 cm³/mol. The fourth-order valence-corrected chi connectivity index (χ4v) is 3.63. The molecule has 3 aromatic rings. The maximum atomic E-state index is 9.25. The quantitative estimate of drug-likeness (QED) is 0.166. The highest BCUT2D eigenvalue weighted by Crippen LogP contribution is 2.27. The molecule has 5 heteroatoms. The Labute approximate surface area is 228 Å². The smallest absolute Gasteiger partial charge is 0.160 e. The van der Waals surface area contributed by atoms with Crippen molar-refractivity contribution in [2.24, 2.45) is 0 Å². The van der Waals surface area contributed by atoms with Gasteiger partial charge in [0.25, 0.3) is 0 Å². The summed E-state index contributed by atoms with van der Waals surface area (Å²) >= 11 is 0. The molecular formula is C33H44O5. The maximum Gasteiger partial charge on any atom is 0.160 e. The van der Waals surface area contributed by atoms with Crippen molar-refractivity contribution < 1.29 is 24.8 Å². The van der Waals surface area contributed by atoms with Gasteiger partial charge in [-0.05, 0) is 78.8 Å². The van der Waals surface area contributed by atoms with Crippen molar-refractivity contribution in [1.82, 2.24) is 0 Å². The van der Waals surface area contributed by atoms with Gasteiger partial charge < -0.3 is 24.8 Å². The lowest BCUT2D eigenvalue weighted by Gasteiger charge is -2.04. The number of unbranched alkanes of at least 4 members (excludes halogenated alkanes) is 4. The average Bonchev–Trinajstić information content (AvgIpc) is 2.93. The average molecular weight is 521 g/mol. The Bertz CT molecular complexity index is 1010. The highest BCUT2D eigenvalue weighted by atomic mass is 16.5. The molecule has 0 fully saturated rings. The minimum Gasteiger partial charge on any atom is -0.508 e. The number of aromatic hydroxyl groups is 3. The van der Waals surface area contributed by atoms with Crippen LogP contribution in [-0.2, 0) is 19.3 Å². The largest absolute Gasteiger partial charge is 0.508 e. The van der Waals surface area contributed by atoms with E-state index >= 15 is 0 Å². The molecule has 0 aliphatic carbocycles. The first-order chi connectivity index (χ1) is 18.4. The molecule has 0 radical (unpaired) electrons. The van der Waals surface area contributed by atoms with Gasteiger partial charge in [0.15, 0.2) is 23.0 Å². The number of hydrogen-bond acceptors (Lipinski definition) is 5. The second-order valence-electron chi connectivity index (χ2n) is 8.83. The van der Waals surface area contributed by atoms with Gasteiger partial charge in [-0.25, -0.2) is 0 Å². The van der Waals surface area contributed by atoms with E-state index in [-0.39, 0.29) is 11.5 Å². The monoisotopic (exact) mass is 520 g/mol. The molecule has 0 aliphatic heterocycles. The first kappa shape index (κ1) is 32.2. The lowest BCUT2D eigenvalue weighted by atomic mass is 10.1. The summed E-state index contributed by atoms with van der Waals surface area (Å²) in [6.07, 6.45) is 13.0. The van der Waals surface area contributed by atoms with Gasteiger partial charge >= 0.3 is 0 Å². The summed E-state index contributed by atoms with van der Waals surface area (Å²) < 4.78 is 9.90. The van der Waals surface area contributed by atoms with Crippen LogP contribution >= 0.6 is 0 Å². The fraction of sp³-hybridized carbons (Fsp3) is 0.333. The standard InChI is InChI=1S/C13H20O.2C10H12O2/c1-2-3-4-5-6-7-12-8-10-13(14)11-9-12;2*1-3-4-8-5-6-9(11)10(7-8)12-2/h8-11,14H,2-7H2,1H3;2*3,5-7,11H,1,4H2,2H3. The lowest BCUT2D eigenvalue weighted by Crippen LogP contribution is -1.86. The normalized spacial score (nSPS) is 9.76. The molecule has 0 saturated carbocycles. The Kier molecular flexibility index (Phi) is 16.3. The minimum absolute atomic E-state index is 0.172. The van der Waals surface area contributed by atoms with Gasteiger partial charge in [0.1, 0.15) is 5.75 Å². The molecule has 0 saturated heterocycles. The van der Waals surface area contributed by atoms with Crippen molar-refractivity contribution in [2.75, 3.05) is 14.2 Å². The molecule has 0 aliphatic rings. The number of benzene rings is 3. The van der Waals surface area contributed by atoms with Crippen LogP contribution in [0.1, 0.15) is 55.7 Å². The van der Waals surface area contributed by atoms with E-state index in [1.807, 2.05) is 36.4 Å². The van der Waals surface area contributed by atoms with Crippen LogP contribution in [0.25, 0.3) is 0 Å². The maximum absolute atomic E-state index is 9.25. The Morgan fingerprint density at radius 1 is 0.632 bits per heavy atom. The summed E-state index contributed by atoms with van der Waals surface area (Å²) in [7, 11) is 3.07. The van der Waals surface area contributed by atoms with Crippen molar-refractivity contribution in [3.63, 3.8) is 0 Å². The van der Waals surface area contributed by atoms with E-state index in [4.69, 9.17) is 14.6 Å². The van der Waals surface area contributed by atoms with Crippen LogP contribution in [0.15, 0.2) is 86.0 Å². The molecule has 0 aromatic heterocycles. The summed E-state index contributed by atoms with van der Waals surface area (Å²) in [6, 6.07) is 18.1. The third kappa shape index (κ3) is 12.9. The number of phenolic OH excluding ortho intramolecular Hbond substituents is 3. The number of rotatable bonds is 12. The van der Waals surface area contributed by atoms with Crippen LogP contribution in [0, 0.1) is 0 Å². The number of hydrogen-bond donors (Lipinski definition) is 3. The van der Waals surface area contributed by atoms with Gasteiger partial charge in [0.05, 0.1) is 14.2 Å². The first-order valence-electron chi connectivity index (χ1n) is 13.1. The molecule has 0 amide bonds. The summed E-state index contributed by atoms with van der Waals surface area (Å²) in [5.41, 5.74) is 3.50. The van der Waals surface area contributed by atoms with E-state index in [0.29, 0.717) is 17.2 Å². The molecule has 0 unspecified atom stereocenters. The van der Waals surface area contributed by atoms with Crippen molar-refractivity contribution in [1.29, 1.82) is 0 Å². The van der Waals surface area contributed by atoms with Gasteiger partial charge in [0, 0.05) is 0 Å². The van der Waals surface area contributed by atoms with Gasteiger partial charge in [-0.1, -0.05) is 69.0 Å². The Morgan fingerprint density at radius 2 is 1.08 bits per heavy atom. The van der Waals surface area contributed by atoms with Crippen molar-refractivity contribution >= 4 is 0 Å². The molecular weight excluding hydrogens is 476 g/mol. The van der Waals surface area contributed by atoms with Gasteiger partial charge in [-0.15, -0.1) is 13.2 Å². The lowest BCUT2D eigenvalue weighted by molar-refractivity contribution is 0.373. The third-order valence-corrected chi connectivity index (χ3v) is 5.75. The number of ether oxygens (including phenoxy) is 2. The number of methoxy groups -OCH3 is 2. The van der Waals surface area contributed by atoms with Crippen LogP contribution < -0.4 is 9.47 Å². The van der Waals surface area contributed by atoms with E-state index in [0.717, 1.165) is 30.4 Å². The van der Waals surface area contributed by atoms with E-state index < -0.39 is 0 Å². The van der Waals surface area contributed by atoms with Crippen LogP contribution in [-0.4, -0.2) is 29.5 Å². The van der Waals surface area contributed by atoms with Crippen molar-refractivity contribution in [3.05, 3.63) is 103 Å². The molecule has 0 heterocycles. The van der Waals surface area contributed by atoms with E-state index in [1.165, 1.54) is 51.9 Å². The van der Waals surface area contributed by atoms with Crippen LogP contribution in [0.2, 0.25) is 0 Å². The molecule has 3 rings (SSSR count). The van der Waals surface area contributed by atoms with Crippen molar-refractivity contribution in [3.8, 4) is 28.7 Å². The topological polar surface area (TPSA) is 79.2 Å². The number of phenols is 3. The van der Waals surface area contributed by atoms with Crippen LogP contribution in [0.3, 0.4) is 0 Å². The number of allylic oxidation sites excluding steroid dienone is 2. The van der Waals surface area contributed by atoms with Crippen LogP contribution in [0.5, 0.6) is 28.7 Å². The molecule has 38 heavy (non-hydrogen) atoms. The zero-order chi connectivity index (χ0) is 28.2. The third-order valence-electron chi connectivity index (χ3n) is 5.75. The van der Waals surface area contributed by atoms with E-state index in [9.17, 15) is 10.2 Å². The first-order valence-corrected chi connectivity index (χ1v) is 13.1. The zero-order valence-corrected chi connectivity index (χ0v) is 23.2. The molecule has 0 spiro atoms. The summed E-state index contributed by atoms with van der Waals surface area (Å²) in [6.45, 7) is 9.50. The van der Waals surface area contributed by atoms with Crippen LogP contribution in [0.4, 0.5) is 0 Å². The summed E-state index contributed by atoms with van der Waals surface area (Å²) in [4.78, 5) is 0. The second-order valence-corrected chi connectivity index (χ2v) is 8.83. The molecule has 0 bridgehead atoms. The number of aryl methyl sites for hydroxylation is 1. The zero-order valence-electron chi connectivity index (χ0n) is 23.2. The SMILES string of the molecule is C=CCc1ccc(O)c(OC)c1.C=CCc1ccc(O)c(OC)c1.CCCCCCCc1ccc(O)cc1. The molecule has 0 atom stereocenters. The van der Waals surface area contributed by atoms with Gasteiger partial charge in [-0.3, -0.25) is 0 Å². The van der Waals surface area contributed by atoms with E-state index in [2.05, 4.69) is 20.1 Å². The van der Waals surface area contributed by atoms with Gasteiger partial charge in [0.2, 0.25) is 0 Å². The minimum atomic E-state index is 0.172. The Hall–Kier alpha value is -3.86. The summed E-state index contributed by atoms with van der Waals surface area (Å²) in [5.74, 6) is 1.72. The molecule has 5 nitrogen and oxygen atoms in total. The Balaban J connectivity index is 0.000000286. The fourth-order valence-electron chi connectivity index (χ4n) is 3.63. The highest BCUT2D eigenvalue weighted by molar-refractivity contribution is 5.43. The summed E-state index contributed by atoms with van der Waals surface area (Å²) in [5, 5.41) is 27.6. The predicted octanol–water partition coefficient (Wildman–Crippen LogP) is 8.16. The molecule has 206 valence electrons.